The van der Waals surface area contributed by atoms with Crippen LogP contribution in [0.25, 0.3) is 0 Å². The summed E-state index contributed by atoms with van der Waals surface area (Å²) in [7, 11) is 0. The van der Waals surface area contributed by atoms with Gasteiger partial charge in [-0.05, 0) is 30.7 Å². The second-order valence-electron chi connectivity index (χ2n) is 5.24. The van der Waals surface area contributed by atoms with Gasteiger partial charge < -0.3 is 25.0 Å². The Labute approximate surface area is 116 Å². The zero-order chi connectivity index (χ0) is 14.3. The van der Waals surface area contributed by atoms with E-state index in [1.54, 1.807) is 19.1 Å². The summed E-state index contributed by atoms with van der Waals surface area (Å²) in [5.74, 6) is -0.104. The van der Waals surface area contributed by atoms with Crippen molar-refractivity contribution in [1.82, 2.24) is 5.32 Å². The number of ether oxygens (including phenoxy) is 2. The molecule has 3 rings (SSSR count). The monoisotopic (exact) mass is 279 g/mol. The van der Waals surface area contributed by atoms with Crippen molar-refractivity contribution < 1.29 is 24.5 Å². The third kappa shape index (κ3) is 2.26. The van der Waals surface area contributed by atoms with Crippen LogP contribution in [0.4, 0.5) is 0 Å². The molecule has 108 valence electrons. The van der Waals surface area contributed by atoms with Gasteiger partial charge in [-0.15, -0.1) is 0 Å². The molecular formula is C14H17NO5. The summed E-state index contributed by atoms with van der Waals surface area (Å²) >= 11 is 0. The molecule has 0 bridgehead atoms. The maximum atomic E-state index is 12.2. The number of fused-ring (bicyclic) bond motifs is 1. The van der Waals surface area contributed by atoms with Gasteiger partial charge in [0, 0.05) is 5.56 Å². The first kappa shape index (κ1) is 13.4. The molecule has 1 aromatic rings. The predicted molar refractivity (Wildman–Crippen MR) is 69.6 cm³/mol. The van der Waals surface area contributed by atoms with Crippen LogP contribution in [0.5, 0.6) is 5.75 Å². The molecule has 2 saturated heterocycles. The Kier molecular flexibility index (Phi) is 3.37. The molecule has 6 heteroatoms. The minimum Gasteiger partial charge on any atom is -0.508 e. The number of phenols is 1. The number of nitrogens with one attached hydrogen (secondary N) is 1. The molecule has 0 aliphatic carbocycles. The normalized spacial score (nSPS) is 32.1. The number of rotatable bonds is 2. The number of carbonyl (C=O) groups is 1. The highest BCUT2D eigenvalue weighted by Crippen LogP contribution is 2.27. The van der Waals surface area contributed by atoms with E-state index in [1.807, 2.05) is 0 Å². The van der Waals surface area contributed by atoms with Gasteiger partial charge in [0.1, 0.15) is 24.1 Å². The number of aliphatic hydroxyl groups excluding tert-OH is 1. The number of benzene rings is 1. The zero-order valence-electron chi connectivity index (χ0n) is 11.1. The van der Waals surface area contributed by atoms with Gasteiger partial charge in [-0.1, -0.05) is 0 Å². The second-order valence-corrected chi connectivity index (χ2v) is 5.24. The lowest BCUT2D eigenvalue weighted by Gasteiger charge is -2.18. The van der Waals surface area contributed by atoms with Crippen molar-refractivity contribution in [3.05, 3.63) is 29.3 Å². The largest absolute Gasteiger partial charge is 0.508 e. The lowest BCUT2D eigenvalue weighted by atomic mass is 10.1. The van der Waals surface area contributed by atoms with E-state index in [0.717, 1.165) is 0 Å². The Morgan fingerprint density at radius 2 is 2.05 bits per heavy atom. The first-order valence-corrected chi connectivity index (χ1v) is 6.58. The van der Waals surface area contributed by atoms with Gasteiger partial charge in [0.2, 0.25) is 0 Å². The van der Waals surface area contributed by atoms with Gasteiger partial charge in [-0.3, -0.25) is 4.79 Å². The Morgan fingerprint density at radius 3 is 2.80 bits per heavy atom. The molecule has 4 atom stereocenters. The van der Waals surface area contributed by atoms with E-state index >= 15 is 0 Å². The van der Waals surface area contributed by atoms with Gasteiger partial charge >= 0.3 is 0 Å². The molecular weight excluding hydrogens is 262 g/mol. The highest BCUT2D eigenvalue weighted by atomic mass is 16.6. The average molecular weight is 279 g/mol. The smallest absolute Gasteiger partial charge is 0.251 e. The topological polar surface area (TPSA) is 88.0 Å². The maximum Gasteiger partial charge on any atom is 0.251 e. The summed E-state index contributed by atoms with van der Waals surface area (Å²) in [4.78, 5) is 12.2. The number of aryl methyl sites for hydroxylation is 1. The number of aromatic hydroxyl groups is 1. The minimum atomic E-state index is -0.627. The van der Waals surface area contributed by atoms with Crippen LogP contribution < -0.4 is 5.32 Å². The van der Waals surface area contributed by atoms with E-state index in [1.165, 1.54) is 6.07 Å². The first-order valence-electron chi connectivity index (χ1n) is 6.58. The molecule has 1 aromatic carbocycles. The number of carbonyl (C=O) groups excluding carboxylic acids is 1. The highest BCUT2D eigenvalue weighted by molar-refractivity contribution is 5.96. The molecule has 3 N–H and O–H groups in total. The molecule has 2 aliphatic rings. The van der Waals surface area contributed by atoms with Crippen molar-refractivity contribution in [3.8, 4) is 5.75 Å². The van der Waals surface area contributed by atoms with Gasteiger partial charge in [-0.2, -0.15) is 0 Å². The lowest BCUT2D eigenvalue weighted by molar-refractivity contribution is 0.0178. The summed E-state index contributed by atoms with van der Waals surface area (Å²) in [6.45, 7) is 2.33. The lowest BCUT2D eigenvalue weighted by Crippen LogP contribution is -2.44. The molecule has 0 spiro atoms. The Bertz CT molecular complexity index is 532. The van der Waals surface area contributed by atoms with Crippen LogP contribution in [-0.4, -0.2) is 53.7 Å². The Morgan fingerprint density at radius 1 is 1.30 bits per heavy atom. The van der Waals surface area contributed by atoms with Crippen molar-refractivity contribution >= 4 is 5.91 Å². The van der Waals surface area contributed by atoms with Crippen LogP contribution in [0, 0.1) is 6.92 Å². The molecule has 6 nitrogen and oxygen atoms in total. The summed E-state index contributed by atoms with van der Waals surface area (Å²) in [6, 6.07) is 4.33. The minimum absolute atomic E-state index is 0.130. The summed E-state index contributed by atoms with van der Waals surface area (Å²) in [5.41, 5.74) is 1.20. The molecule has 0 aromatic heterocycles. The van der Waals surface area contributed by atoms with Gasteiger partial charge in [0.05, 0.1) is 19.3 Å². The predicted octanol–water partition coefficient (Wildman–Crippen LogP) is -0.0425. The number of hydrogen-bond acceptors (Lipinski definition) is 5. The molecule has 0 radical (unpaired) electrons. The SMILES string of the molecule is Cc1cc(O)ccc1C(=O)N[C@H]1CO[C@H]2[C@@H]1OC[C@H]2O. The van der Waals surface area contributed by atoms with Crippen LogP contribution in [0.1, 0.15) is 15.9 Å². The van der Waals surface area contributed by atoms with Crippen molar-refractivity contribution in [2.45, 2.75) is 31.3 Å². The van der Waals surface area contributed by atoms with Crippen molar-refractivity contribution in [1.29, 1.82) is 0 Å². The van der Waals surface area contributed by atoms with E-state index in [2.05, 4.69) is 5.32 Å². The quantitative estimate of drug-likeness (QED) is 0.707. The molecule has 0 unspecified atom stereocenters. The molecule has 20 heavy (non-hydrogen) atoms. The van der Waals surface area contributed by atoms with Crippen LogP contribution >= 0.6 is 0 Å². The zero-order valence-corrected chi connectivity index (χ0v) is 11.1. The fourth-order valence-electron chi connectivity index (χ4n) is 2.75. The Balaban J connectivity index is 1.70. The summed E-state index contributed by atoms with van der Waals surface area (Å²) in [5, 5.41) is 21.9. The summed E-state index contributed by atoms with van der Waals surface area (Å²) in [6.07, 6.45) is -1.29. The van der Waals surface area contributed by atoms with Crippen molar-refractivity contribution in [2.75, 3.05) is 13.2 Å². The molecule has 2 heterocycles. The van der Waals surface area contributed by atoms with Gasteiger partial charge in [0.25, 0.3) is 5.91 Å². The highest BCUT2D eigenvalue weighted by Gasteiger charge is 2.47. The number of hydrogen-bond donors (Lipinski definition) is 3. The van der Waals surface area contributed by atoms with E-state index in [4.69, 9.17) is 9.47 Å². The van der Waals surface area contributed by atoms with Gasteiger partial charge in [0.15, 0.2) is 0 Å². The third-order valence-corrected chi connectivity index (χ3v) is 3.80. The van der Waals surface area contributed by atoms with E-state index in [0.29, 0.717) is 17.7 Å². The Hall–Kier alpha value is -1.63. The molecule has 1 amide bonds. The molecule has 0 saturated carbocycles. The van der Waals surface area contributed by atoms with Crippen LogP contribution in [-0.2, 0) is 9.47 Å². The van der Waals surface area contributed by atoms with Gasteiger partial charge in [-0.25, -0.2) is 0 Å². The first-order chi connectivity index (χ1) is 9.56. The number of phenolic OH excluding ortho intramolecular Hbond substituents is 1. The molecule has 2 fully saturated rings. The van der Waals surface area contributed by atoms with Crippen LogP contribution in [0.15, 0.2) is 18.2 Å². The fourth-order valence-corrected chi connectivity index (χ4v) is 2.75. The number of aliphatic hydroxyl groups is 1. The van der Waals surface area contributed by atoms with E-state index in [-0.39, 0.29) is 36.5 Å². The maximum absolute atomic E-state index is 12.2. The van der Waals surface area contributed by atoms with Crippen LogP contribution in [0.3, 0.4) is 0 Å². The standard InChI is InChI=1S/C14H17NO5/c1-7-4-8(16)2-3-9(7)14(18)15-10-5-19-13-11(17)6-20-12(10)13/h2-4,10-13,16-17H,5-6H2,1H3,(H,15,18)/t10-,11+,12+,13+/m0/s1. The average Bonchev–Trinajstić information content (AvgIpc) is 2.94. The van der Waals surface area contributed by atoms with Crippen molar-refractivity contribution in [2.24, 2.45) is 0 Å². The summed E-state index contributed by atoms with van der Waals surface area (Å²) < 4.78 is 10.9. The number of amides is 1. The van der Waals surface area contributed by atoms with Crippen LogP contribution in [0.2, 0.25) is 0 Å². The van der Waals surface area contributed by atoms with E-state index in [9.17, 15) is 15.0 Å². The molecule has 2 aliphatic heterocycles. The van der Waals surface area contributed by atoms with Crippen molar-refractivity contribution in [3.63, 3.8) is 0 Å². The van der Waals surface area contributed by atoms with E-state index < -0.39 is 6.10 Å². The fraction of sp³-hybridized carbons (Fsp3) is 0.500. The second kappa shape index (κ2) is 5.05. The third-order valence-electron chi connectivity index (χ3n) is 3.80.